The second kappa shape index (κ2) is 15.2. The number of carbonyl (C=O) groups is 3. The van der Waals surface area contributed by atoms with E-state index in [1.165, 1.54) is 18.4 Å². The van der Waals surface area contributed by atoms with E-state index in [1.54, 1.807) is 32.0 Å². The molecule has 0 fully saturated rings. The Morgan fingerprint density at radius 3 is 1.70 bits per heavy atom. The first-order chi connectivity index (χ1) is 24.9. The van der Waals surface area contributed by atoms with Gasteiger partial charge in [-0.3, -0.25) is 19.2 Å². The Morgan fingerprint density at radius 2 is 1.22 bits per heavy atom. The lowest BCUT2D eigenvalue weighted by atomic mass is 9.81. The molecule has 0 saturated heterocycles. The molecule has 0 aliphatic carbocycles. The van der Waals surface area contributed by atoms with Crippen LogP contribution in [0.15, 0.2) is 65.5 Å². The van der Waals surface area contributed by atoms with Gasteiger partial charge in [0.15, 0.2) is 0 Å². The molecule has 0 radical (unpaired) electrons. The van der Waals surface area contributed by atoms with E-state index >= 15 is 0 Å². The number of aryl methyl sites for hydroxylation is 2. The van der Waals surface area contributed by atoms with Gasteiger partial charge in [0.1, 0.15) is 11.5 Å². The molecule has 0 saturated carbocycles. The average Bonchev–Trinajstić information content (AvgIpc) is 3.06. The Morgan fingerprint density at radius 1 is 0.685 bits per heavy atom. The second-order valence-electron chi connectivity index (χ2n) is 17.0. The summed E-state index contributed by atoms with van der Waals surface area (Å²) in [4.78, 5) is 52.1. The van der Waals surface area contributed by atoms with Crippen molar-refractivity contribution in [1.29, 1.82) is 0 Å². The van der Waals surface area contributed by atoms with Crippen molar-refractivity contribution in [2.45, 2.75) is 120 Å². The van der Waals surface area contributed by atoms with Crippen LogP contribution >= 0.6 is 0 Å². The first kappa shape index (κ1) is 41.5. The van der Waals surface area contributed by atoms with Crippen molar-refractivity contribution in [3.63, 3.8) is 0 Å². The van der Waals surface area contributed by atoms with Crippen molar-refractivity contribution < 1.29 is 24.6 Å². The van der Waals surface area contributed by atoms with Gasteiger partial charge in [-0.2, -0.15) is 0 Å². The van der Waals surface area contributed by atoms with E-state index in [2.05, 4.69) is 48.5 Å². The summed E-state index contributed by atoms with van der Waals surface area (Å²) in [5.74, 6) is -0.743. The van der Waals surface area contributed by atoms with E-state index in [4.69, 9.17) is 0 Å². The largest absolute Gasteiger partial charge is 0.507 e. The van der Waals surface area contributed by atoms with Crippen LogP contribution in [0.3, 0.4) is 0 Å². The molecule has 4 aromatic carbocycles. The zero-order valence-corrected chi connectivity index (χ0v) is 34.4. The minimum Gasteiger partial charge on any atom is -0.507 e. The summed E-state index contributed by atoms with van der Waals surface area (Å²) in [6, 6.07) is 18.7. The van der Waals surface area contributed by atoms with Crippen molar-refractivity contribution in [1.82, 2.24) is 4.57 Å². The summed E-state index contributed by atoms with van der Waals surface area (Å²) < 4.78 is 1.17. The number of aromatic hydroxyl groups is 2. The predicted molar refractivity (Wildman–Crippen MR) is 221 cm³/mol. The summed E-state index contributed by atoms with van der Waals surface area (Å²) in [6.07, 6.45) is 0. The summed E-state index contributed by atoms with van der Waals surface area (Å²) >= 11 is 0. The first-order valence-corrected chi connectivity index (χ1v) is 18.5. The number of carbonyl (C=O) groups excluding carboxylic acids is 3. The van der Waals surface area contributed by atoms with E-state index in [9.17, 15) is 29.4 Å². The number of anilines is 1. The predicted octanol–water partition coefficient (Wildman–Crippen LogP) is 10.6. The highest BCUT2D eigenvalue weighted by atomic mass is 16.3. The van der Waals surface area contributed by atoms with Gasteiger partial charge in [0.2, 0.25) is 11.8 Å². The third kappa shape index (κ3) is 8.13. The van der Waals surface area contributed by atoms with Crippen LogP contribution in [0, 0.1) is 13.8 Å². The highest BCUT2D eigenvalue weighted by Gasteiger charge is 2.28. The van der Waals surface area contributed by atoms with Crippen molar-refractivity contribution in [3.8, 4) is 11.5 Å². The lowest BCUT2D eigenvalue weighted by Gasteiger charge is -2.25. The van der Waals surface area contributed by atoms with Crippen LogP contribution in [0.5, 0.6) is 11.5 Å². The number of rotatable bonds is 4. The number of aromatic nitrogens is 1. The highest BCUT2D eigenvalue weighted by molar-refractivity contribution is 6.21. The average molecular weight is 733 g/mol. The topological polar surface area (TPSA) is 117 Å². The number of imide groups is 1. The van der Waals surface area contributed by atoms with Crippen LogP contribution in [-0.2, 0) is 15.6 Å². The Kier molecular flexibility index (Phi) is 11.7. The number of benzene rings is 4. The minimum atomic E-state index is -0.522. The number of pyridine rings is 1. The fourth-order valence-corrected chi connectivity index (χ4v) is 6.67. The Labute approximate surface area is 319 Å². The maximum absolute atomic E-state index is 13.2. The summed E-state index contributed by atoms with van der Waals surface area (Å²) in [5.41, 5.74) is 5.76. The zero-order chi connectivity index (χ0) is 40.8. The van der Waals surface area contributed by atoms with Crippen molar-refractivity contribution in [2.24, 2.45) is 0 Å². The molecule has 0 aliphatic heterocycles. The molecule has 8 heteroatoms. The smallest absolute Gasteiger partial charge is 0.269 e. The van der Waals surface area contributed by atoms with E-state index in [-0.39, 0.29) is 39.2 Å². The standard InChI is InChI=1S/C23H27NO3.C23H29NO3/c1-12(2)15-8-9-18-16(11-15)19-17(23(5,6)7)10-13(3)21(26)20(19)22(27)24(18)14(4)25;1-14(2)17-8-10-19(11-9-17)24(16(4)25)22(27)20-13-18(23(5,6)7)12-15(3)21(20)26/h8-12,26H,1-7H3;8-14,26H,1-7H3. The van der Waals surface area contributed by atoms with E-state index in [0.29, 0.717) is 34.2 Å². The Bertz CT molecular complexity index is 2330. The fourth-order valence-electron chi connectivity index (χ4n) is 6.67. The fraction of sp³-hybridized carbons (Fsp3) is 0.391. The molecule has 1 heterocycles. The third-order valence-corrected chi connectivity index (χ3v) is 9.96. The van der Waals surface area contributed by atoms with Gasteiger partial charge in [-0.1, -0.05) is 99.6 Å². The van der Waals surface area contributed by atoms with E-state index in [0.717, 1.165) is 37.9 Å². The molecular weight excluding hydrogens is 677 g/mol. The summed E-state index contributed by atoms with van der Waals surface area (Å²) in [5, 5.41) is 23.0. The molecule has 5 aromatic rings. The van der Waals surface area contributed by atoms with Gasteiger partial charge in [-0.15, -0.1) is 0 Å². The molecular formula is C46H56N2O6. The molecule has 0 aliphatic rings. The molecule has 0 unspecified atom stereocenters. The minimum absolute atomic E-state index is 0.0464. The maximum atomic E-state index is 13.2. The third-order valence-electron chi connectivity index (χ3n) is 9.96. The van der Waals surface area contributed by atoms with Gasteiger partial charge in [0.05, 0.1) is 22.2 Å². The van der Waals surface area contributed by atoms with Gasteiger partial charge in [0.25, 0.3) is 11.5 Å². The number of nitrogens with zero attached hydrogens (tertiary/aromatic N) is 2. The van der Waals surface area contributed by atoms with E-state index < -0.39 is 17.4 Å². The van der Waals surface area contributed by atoms with Crippen LogP contribution in [0.4, 0.5) is 5.69 Å². The lowest BCUT2D eigenvalue weighted by Crippen LogP contribution is -2.35. The number of hydrogen-bond donors (Lipinski definition) is 2. The van der Waals surface area contributed by atoms with Crippen molar-refractivity contribution in [3.05, 3.63) is 110 Å². The van der Waals surface area contributed by atoms with Crippen LogP contribution in [0.2, 0.25) is 0 Å². The molecule has 0 spiro atoms. The SMILES string of the molecule is CC(=O)N(C(=O)c1cc(C(C)(C)C)cc(C)c1O)c1ccc(C(C)C)cc1.CC(=O)n1c(=O)c2c(O)c(C)cc(C(C)(C)C)c2c2cc(C(C)C)ccc21. The van der Waals surface area contributed by atoms with Crippen LogP contribution in [0.25, 0.3) is 21.7 Å². The molecule has 8 nitrogen and oxygen atoms in total. The maximum Gasteiger partial charge on any atom is 0.269 e. The molecule has 5 rings (SSSR count). The highest BCUT2D eigenvalue weighted by Crippen LogP contribution is 2.40. The first-order valence-electron chi connectivity index (χ1n) is 18.5. The van der Waals surface area contributed by atoms with Crippen LogP contribution in [0.1, 0.15) is 143 Å². The normalized spacial score (nSPS) is 11.9. The second-order valence-corrected chi connectivity index (χ2v) is 17.0. The van der Waals surface area contributed by atoms with Crippen molar-refractivity contribution in [2.75, 3.05) is 4.90 Å². The monoisotopic (exact) mass is 732 g/mol. The van der Waals surface area contributed by atoms with Crippen LogP contribution in [-0.4, -0.2) is 32.5 Å². The van der Waals surface area contributed by atoms with Crippen molar-refractivity contribution >= 4 is 45.1 Å². The molecule has 0 bridgehead atoms. The number of phenolic OH excluding ortho intramolecular Hbond substituents is 2. The number of phenols is 2. The van der Waals surface area contributed by atoms with Gasteiger partial charge in [0, 0.05) is 24.6 Å². The molecule has 2 amide bonds. The molecule has 2 N–H and O–H groups in total. The molecule has 286 valence electrons. The molecule has 0 atom stereocenters. The number of fused-ring (bicyclic) bond motifs is 3. The lowest BCUT2D eigenvalue weighted by molar-refractivity contribution is -0.115. The van der Waals surface area contributed by atoms with Gasteiger partial charge >= 0.3 is 0 Å². The molecule has 1 aromatic heterocycles. The van der Waals surface area contributed by atoms with Gasteiger partial charge in [-0.25, -0.2) is 9.47 Å². The van der Waals surface area contributed by atoms with E-state index in [1.807, 2.05) is 63.2 Å². The molecule has 54 heavy (non-hydrogen) atoms. The Balaban J connectivity index is 0.000000241. The van der Waals surface area contributed by atoms with Crippen LogP contribution < -0.4 is 10.5 Å². The quantitative estimate of drug-likeness (QED) is 0.178. The number of hydrogen-bond acceptors (Lipinski definition) is 6. The summed E-state index contributed by atoms with van der Waals surface area (Å²) in [7, 11) is 0. The summed E-state index contributed by atoms with van der Waals surface area (Å²) in [6.45, 7) is 27.1. The number of amides is 2. The Hall–Kier alpha value is -5.24. The van der Waals surface area contributed by atoms with Gasteiger partial charge in [-0.05, 0) is 100 Å². The zero-order valence-electron chi connectivity index (χ0n) is 34.4. The van der Waals surface area contributed by atoms with Gasteiger partial charge < -0.3 is 10.2 Å².